The van der Waals surface area contributed by atoms with E-state index in [1.807, 2.05) is 12.1 Å². The second-order valence-corrected chi connectivity index (χ2v) is 4.32. The van der Waals surface area contributed by atoms with Crippen LogP contribution in [-0.2, 0) is 0 Å². The number of rotatable bonds is 5. The zero-order valence-electron chi connectivity index (χ0n) is 11.0. The number of benzene rings is 2. The summed E-state index contributed by atoms with van der Waals surface area (Å²) in [5.74, 6) is -0.441. The average molecular weight is 277 g/mol. The average Bonchev–Trinajstić information content (AvgIpc) is 2.48. The van der Waals surface area contributed by atoms with Crippen molar-refractivity contribution in [1.29, 1.82) is 0 Å². The maximum atomic E-state index is 13.4. The van der Waals surface area contributed by atoms with Gasteiger partial charge in [0.15, 0.2) is 11.6 Å². The molecule has 0 heterocycles. The van der Waals surface area contributed by atoms with E-state index in [9.17, 15) is 14.6 Å². The number of aromatic hydroxyl groups is 1. The second kappa shape index (κ2) is 6.25. The summed E-state index contributed by atoms with van der Waals surface area (Å²) >= 11 is 0. The number of phenolic OH excluding ortho intramolecular Hbond substituents is 1. The Labute approximate surface area is 116 Å². The van der Waals surface area contributed by atoms with Crippen LogP contribution in [0.1, 0.15) is 11.6 Å². The van der Waals surface area contributed by atoms with Gasteiger partial charge in [-0.1, -0.05) is 12.1 Å². The van der Waals surface area contributed by atoms with Crippen LogP contribution in [0.2, 0.25) is 0 Å². The van der Waals surface area contributed by atoms with Crippen molar-refractivity contribution >= 4 is 5.69 Å². The lowest BCUT2D eigenvalue weighted by Gasteiger charge is -2.18. The van der Waals surface area contributed by atoms with Crippen LogP contribution in [0.3, 0.4) is 0 Å². The number of aliphatic hydroxyl groups is 1. The number of hydrogen-bond acceptors (Lipinski definition) is 4. The Balaban J connectivity index is 2.21. The van der Waals surface area contributed by atoms with E-state index >= 15 is 0 Å². The smallest absolute Gasteiger partial charge is 0.165 e. The second-order valence-electron chi connectivity index (χ2n) is 4.32. The van der Waals surface area contributed by atoms with Gasteiger partial charge in [0.05, 0.1) is 19.8 Å². The highest BCUT2D eigenvalue weighted by Gasteiger charge is 2.13. The molecule has 3 N–H and O–H groups in total. The van der Waals surface area contributed by atoms with Crippen LogP contribution < -0.4 is 10.1 Å². The SMILES string of the molecule is COc1cccc(NC(CO)c2ccc(O)c(F)c2)c1. The van der Waals surface area contributed by atoms with Crippen molar-refractivity contribution in [1.82, 2.24) is 0 Å². The van der Waals surface area contributed by atoms with E-state index in [2.05, 4.69) is 5.32 Å². The first-order valence-electron chi connectivity index (χ1n) is 6.14. The Morgan fingerprint density at radius 3 is 2.70 bits per heavy atom. The molecule has 0 bridgehead atoms. The lowest BCUT2D eigenvalue weighted by atomic mass is 10.1. The van der Waals surface area contributed by atoms with Gasteiger partial charge in [-0.25, -0.2) is 4.39 Å². The van der Waals surface area contributed by atoms with Crippen LogP contribution in [0.15, 0.2) is 42.5 Å². The molecule has 4 nitrogen and oxygen atoms in total. The topological polar surface area (TPSA) is 61.7 Å². The molecule has 1 atom stereocenters. The van der Waals surface area contributed by atoms with E-state index in [4.69, 9.17) is 4.74 Å². The third kappa shape index (κ3) is 3.19. The van der Waals surface area contributed by atoms with Crippen molar-refractivity contribution in [3.05, 3.63) is 53.8 Å². The third-order valence-corrected chi connectivity index (χ3v) is 2.97. The Bertz CT molecular complexity index is 589. The first-order valence-corrected chi connectivity index (χ1v) is 6.14. The van der Waals surface area contributed by atoms with Gasteiger partial charge < -0.3 is 20.3 Å². The lowest BCUT2D eigenvalue weighted by Crippen LogP contribution is -2.15. The van der Waals surface area contributed by atoms with Crippen molar-refractivity contribution in [3.63, 3.8) is 0 Å². The zero-order chi connectivity index (χ0) is 14.5. The Kier molecular flexibility index (Phi) is 4.42. The molecule has 0 saturated carbocycles. The van der Waals surface area contributed by atoms with Crippen molar-refractivity contribution in [2.75, 3.05) is 19.0 Å². The summed E-state index contributed by atoms with van der Waals surface area (Å²) in [6.45, 7) is -0.207. The van der Waals surface area contributed by atoms with E-state index in [1.54, 1.807) is 25.3 Å². The predicted molar refractivity (Wildman–Crippen MR) is 74.5 cm³/mol. The van der Waals surface area contributed by atoms with Gasteiger partial charge in [-0.2, -0.15) is 0 Å². The molecule has 0 radical (unpaired) electrons. The van der Waals surface area contributed by atoms with Gasteiger partial charge in [0.25, 0.3) is 0 Å². The van der Waals surface area contributed by atoms with E-state index in [-0.39, 0.29) is 6.61 Å². The summed E-state index contributed by atoms with van der Waals surface area (Å²) in [5, 5.41) is 21.7. The van der Waals surface area contributed by atoms with Crippen LogP contribution in [0.5, 0.6) is 11.5 Å². The van der Waals surface area contributed by atoms with Gasteiger partial charge >= 0.3 is 0 Å². The number of phenols is 1. The molecular weight excluding hydrogens is 261 g/mol. The van der Waals surface area contributed by atoms with Gasteiger partial charge in [-0.05, 0) is 29.8 Å². The van der Waals surface area contributed by atoms with E-state index in [0.29, 0.717) is 11.3 Å². The Hall–Kier alpha value is -2.27. The maximum absolute atomic E-state index is 13.4. The Morgan fingerprint density at radius 1 is 1.25 bits per heavy atom. The molecule has 0 spiro atoms. The molecule has 0 aromatic heterocycles. The van der Waals surface area contributed by atoms with Gasteiger partial charge in [-0.3, -0.25) is 0 Å². The molecule has 1 unspecified atom stereocenters. The van der Waals surface area contributed by atoms with Crippen molar-refractivity contribution in [3.8, 4) is 11.5 Å². The van der Waals surface area contributed by atoms with Crippen LogP contribution in [-0.4, -0.2) is 23.9 Å². The minimum Gasteiger partial charge on any atom is -0.505 e. The van der Waals surface area contributed by atoms with Crippen molar-refractivity contribution < 1.29 is 19.3 Å². The fourth-order valence-electron chi connectivity index (χ4n) is 1.89. The summed E-state index contributed by atoms with van der Waals surface area (Å²) in [6.07, 6.45) is 0. The third-order valence-electron chi connectivity index (χ3n) is 2.97. The standard InChI is InChI=1S/C15H16FNO3/c1-20-12-4-2-3-11(8-12)17-14(9-18)10-5-6-15(19)13(16)7-10/h2-8,14,17-19H,9H2,1H3. The molecular formula is C15H16FNO3. The molecule has 5 heteroatoms. The van der Waals surface area contributed by atoms with E-state index in [1.165, 1.54) is 12.1 Å². The minimum atomic E-state index is -0.714. The molecule has 0 aliphatic rings. The van der Waals surface area contributed by atoms with E-state index in [0.717, 1.165) is 5.69 Å². The van der Waals surface area contributed by atoms with E-state index < -0.39 is 17.6 Å². The number of aliphatic hydroxyl groups excluding tert-OH is 1. The minimum absolute atomic E-state index is 0.207. The number of hydrogen-bond donors (Lipinski definition) is 3. The highest BCUT2D eigenvalue weighted by atomic mass is 19.1. The zero-order valence-corrected chi connectivity index (χ0v) is 11.0. The number of anilines is 1. The van der Waals surface area contributed by atoms with Gasteiger partial charge in [0.2, 0.25) is 0 Å². The Morgan fingerprint density at radius 2 is 2.05 bits per heavy atom. The van der Waals surface area contributed by atoms with Gasteiger partial charge in [0.1, 0.15) is 5.75 Å². The summed E-state index contributed by atoms with van der Waals surface area (Å²) in [4.78, 5) is 0. The van der Waals surface area contributed by atoms with Crippen LogP contribution in [0, 0.1) is 5.82 Å². The molecule has 2 aromatic rings. The monoisotopic (exact) mass is 277 g/mol. The largest absolute Gasteiger partial charge is 0.505 e. The molecule has 0 aliphatic heterocycles. The quantitative estimate of drug-likeness (QED) is 0.786. The fraction of sp³-hybridized carbons (Fsp3) is 0.200. The van der Waals surface area contributed by atoms with Crippen molar-refractivity contribution in [2.24, 2.45) is 0 Å². The summed E-state index contributed by atoms with van der Waals surface area (Å²) in [7, 11) is 1.57. The molecule has 0 saturated heterocycles. The molecule has 2 aromatic carbocycles. The summed E-state index contributed by atoms with van der Waals surface area (Å²) < 4.78 is 18.5. The van der Waals surface area contributed by atoms with Gasteiger partial charge in [-0.15, -0.1) is 0 Å². The molecule has 0 aliphatic carbocycles. The summed E-state index contributed by atoms with van der Waals surface area (Å²) in [6, 6.07) is 10.8. The van der Waals surface area contributed by atoms with Gasteiger partial charge in [0, 0.05) is 11.8 Å². The maximum Gasteiger partial charge on any atom is 0.165 e. The first kappa shape index (κ1) is 14.1. The molecule has 0 fully saturated rings. The molecule has 106 valence electrons. The van der Waals surface area contributed by atoms with Crippen LogP contribution in [0.25, 0.3) is 0 Å². The number of methoxy groups -OCH3 is 1. The van der Waals surface area contributed by atoms with Crippen LogP contribution >= 0.6 is 0 Å². The normalized spacial score (nSPS) is 11.9. The number of halogens is 1. The molecule has 0 amide bonds. The first-order chi connectivity index (χ1) is 9.63. The predicted octanol–water partition coefficient (Wildman–Crippen LogP) is 2.69. The van der Waals surface area contributed by atoms with Crippen LogP contribution in [0.4, 0.5) is 10.1 Å². The summed E-state index contributed by atoms with van der Waals surface area (Å²) in [5.41, 5.74) is 1.29. The molecule has 2 rings (SSSR count). The molecule has 20 heavy (non-hydrogen) atoms. The highest BCUT2D eigenvalue weighted by Crippen LogP contribution is 2.25. The lowest BCUT2D eigenvalue weighted by molar-refractivity contribution is 0.276. The van der Waals surface area contributed by atoms with Crippen molar-refractivity contribution in [2.45, 2.75) is 6.04 Å². The highest BCUT2D eigenvalue weighted by molar-refractivity contribution is 5.50. The fourth-order valence-corrected chi connectivity index (χ4v) is 1.89. The number of ether oxygens (including phenoxy) is 1. The number of nitrogens with one attached hydrogen (secondary N) is 1.